The van der Waals surface area contributed by atoms with E-state index in [4.69, 9.17) is 4.74 Å². The number of carbonyl (C=O) groups excluding carboxylic acids is 1. The number of likely N-dealkylation sites (tertiary alicyclic amines) is 1. The highest BCUT2D eigenvalue weighted by atomic mass is 16.5. The lowest BCUT2D eigenvalue weighted by molar-refractivity contribution is -0.122. The second-order valence-electron chi connectivity index (χ2n) is 4.61. The molecular weight excluding hydrogens is 218 g/mol. The molecule has 1 aliphatic heterocycles. The van der Waals surface area contributed by atoms with Crippen molar-refractivity contribution in [3.8, 4) is 0 Å². The molecule has 1 amide bonds. The van der Waals surface area contributed by atoms with E-state index in [0.29, 0.717) is 12.5 Å². The third-order valence-electron chi connectivity index (χ3n) is 3.17. The van der Waals surface area contributed by atoms with E-state index in [1.807, 2.05) is 0 Å². The maximum absolute atomic E-state index is 11.3. The van der Waals surface area contributed by atoms with Gasteiger partial charge in [0.1, 0.15) is 0 Å². The van der Waals surface area contributed by atoms with E-state index in [-0.39, 0.29) is 5.91 Å². The van der Waals surface area contributed by atoms with E-state index in [9.17, 15) is 4.79 Å². The Bertz CT molecular complexity index is 224. The largest absolute Gasteiger partial charge is 0.383 e. The van der Waals surface area contributed by atoms with Crippen LogP contribution < -0.4 is 10.6 Å². The average molecular weight is 243 g/mol. The molecular formula is C12H25N3O2. The molecule has 0 spiro atoms. The van der Waals surface area contributed by atoms with Crippen LogP contribution in [-0.2, 0) is 9.53 Å². The fourth-order valence-corrected chi connectivity index (χ4v) is 2.22. The Labute approximate surface area is 104 Å². The molecule has 5 nitrogen and oxygen atoms in total. The molecule has 5 heteroatoms. The van der Waals surface area contributed by atoms with Crippen LogP contribution in [0.15, 0.2) is 0 Å². The number of amides is 1. The Morgan fingerprint density at radius 3 is 3.06 bits per heavy atom. The number of carbonyl (C=O) groups is 1. The molecule has 0 aromatic rings. The van der Waals surface area contributed by atoms with Gasteiger partial charge >= 0.3 is 0 Å². The first-order valence-corrected chi connectivity index (χ1v) is 6.39. The third kappa shape index (κ3) is 6.00. The smallest absolute Gasteiger partial charge is 0.233 e. The number of methoxy groups -OCH3 is 1. The molecule has 2 N–H and O–H groups in total. The summed E-state index contributed by atoms with van der Waals surface area (Å²) in [6, 6.07) is 0. The molecule has 0 aromatic heterocycles. The van der Waals surface area contributed by atoms with Crippen LogP contribution in [0.1, 0.15) is 12.8 Å². The van der Waals surface area contributed by atoms with Gasteiger partial charge in [-0.3, -0.25) is 9.69 Å². The standard InChI is InChI=1S/C12H25N3O2/c1-13-12(16)10-15-6-3-4-11(9-15)8-14-5-7-17-2/h11,14H,3-10H2,1-2H3,(H,13,16). The summed E-state index contributed by atoms with van der Waals surface area (Å²) in [6.45, 7) is 5.28. The van der Waals surface area contributed by atoms with Crippen LogP contribution in [-0.4, -0.2) is 64.3 Å². The summed E-state index contributed by atoms with van der Waals surface area (Å²) in [4.78, 5) is 13.5. The van der Waals surface area contributed by atoms with Crippen molar-refractivity contribution in [2.45, 2.75) is 12.8 Å². The molecule has 1 unspecified atom stereocenters. The quantitative estimate of drug-likeness (QED) is 0.602. The van der Waals surface area contributed by atoms with Gasteiger partial charge in [0.25, 0.3) is 0 Å². The van der Waals surface area contributed by atoms with Crippen LogP contribution in [0, 0.1) is 5.92 Å². The van der Waals surface area contributed by atoms with Crippen molar-refractivity contribution in [2.75, 3.05) is 53.5 Å². The zero-order valence-electron chi connectivity index (χ0n) is 11.0. The molecule has 1 aliphatic rings. The number of rotatable bonds is 7. The predicted octanol–water partition coefficient (Wildman–Crippen LogP) is -0.320. The van der Waals surface area contributed by atoms with Gasteiger partial charge in [-0.1, -0.05) is 0 Å². The number of piperidine rings is 1. The fourth-order valence-electron chi connectivity index (χ4n) is 2.22. The summed E-state index contributed by atoms with van der Waals surface area (Å²) in [5, 5.41) is 6.07. The van der Waals surface area contributed by atoms with Gasteiger partial charge in [0.05, 0.1) is 13.2 Å². The van der Waals surface area contributed by atoms with Crippen molar-refractivity contribution in [2.24, 2.45) is 5.92 Å². The van der Waals surface area contributed by atoms with Crippen molar-refractivity contribution in [1.82, 2.24) is 15.5 Å². The molecule has 0 bridgehead atoms. The van der Waals surface area contributed by atoms with Crippen molar-refractivity contribution in [1.29, 1.82) is 0 Å². The second kappa shape index (κ2) is 8.44. The van der Waals surface area contributed by atoms with Crippen LogP contribution in [0.5, 0.6) is 0 Å². The number of ether oxygens (including phenoxy) is 1. The zero-order valence-corrected chi connectivity index (χ0v) is 11.0. The normalized spacial score (nSPS) is 21.4. The van der Waals surface area contributed by atoms with Crippen molar-refractivity contribution in [3.63, 3.8) is 0 Å². The molecule has 17 heavy (non-hydrogen) atoms. The topological polar surface area (TPSA) is 53.6 Å². The minimum atomic E-state index is 0.109. The van der Waals surface area contributed by atoms with E-state index in [1.54, 1.807) is 14.2 Å². The van der Waals surface area contributed by atoms with Crippen LogP contribution in [0.3, 0.4) is 0 Å². The summed E-state index contributed by atoms with van der Waals surface area (Å²) in [6.07, 6.45) is 2.44. The first-order valence-electron chi connectivity index (χ1n) is 6.39. The molecule has 1 atom stereocenters. The number of hydrogen-bond donors (Lipinski definition) is 2. The number of nitrogens with zero attached hydrogens (tertiary/aromatic N) is 1. The lowest BCUT2D eigenvalue weighted by Gasteiger charge is -2.32. The SMILES string of the molecule is CNC(=O)CN1CCCC(CNCCOC)C1. The van der Waals surface area contributed by atoms with E-state index < -0.39 is 0 Å². The lowest BCUT2D eigenvalue weighted by atomic mass is 9.98. The summed E-state index contributed by atoms with van der Waals surface area (Å²) < 4.78 is 4.99. The number of hydrogen-bond acceptors (Lipinski definition) is 4. The maximum Gasteiger partial charge on any atom is 0.233 e. The molecule has 1 rings (SSSR count). The Balaban J connectivity index is 2.17. The Kier molecular flexibility index (Phi) is 7.16. The molecule has 0 aromatic carbocycles. The van der Waals surface area contributed by atoms with E-state index in [1.165, 1.54) is 12.8 Å². The van der Waals surface area contributed by atoms with Crippen LogP contribution in [0.25, 0.3) is 0 Å². The summed E-state index contributed by atoms with van der Waals surface area (Å²) in [7, 11) is 3.41. The van der Waals surface area contributed by atoms with Crippen LogP contribution >= 0.6 is 0 Å². The van der Waals surface area contributed by atoms with Crippen LogP contribution in [0.2, 0.25) is 0 Å². The molecule has 1 fully saturated rings. The highest BCUT2D eigenvalue weighted by Gasteiger charge is 2.20. The van der Waals surface area contributed by atoms with Gasteiger partial charge < -0.3 is 15.4 Å². The van der Waals surface area contributed by atoms with Gasteiger partial charge in [-0.15, -0.1) is 0 Å². The highest BCUT2D eigenvalue weighted by Crippen LogP contribution is 2.15. The van der Waals surface area contributed by atoms with E-state index >= 15 is 0 Å². The van der Waals surface area contributed by atoms with Crippen molar-refractivity contribution in [3.05, 3.63) is 0 Å². The molecule has 1 heterocycles. The highest BCUT2D eigenvalue weighted by molar-refractivity contribution is 5.77. The second-order valence-corrected chi connectivity index (χ2v) is 4.61. The summed E-state index contributed by atoms with van der Waals surface area (Å²) in [5.74, 6) is 0.767. The molecule has 100 valence electrons. The minimum Gasteiger partial charge on any atom is -0.383 e. The Hall–Kier alpha value is -0.650. The van der Waals surface area contributed by atoms with Gasteiger partial charge in [-0.25, -0.2) is 0 Å². The van der Waals surface area contributed by atoms with Crippen molar-refractivity contribution >= 4 is 5.91 Å². The summed E-state index contributed by atoms with van der Waals surface area (Å²) >= 11 is 0. The van der Waals surface area contributed by atoms with Gasteiger partial charge in [0.2, 0.25) is 5.91 Å². The monoisotopic (exact) mass is 243 g/mol. The Morgan fingerprint density at radius 2 is 2.35 bits per heavy atom. The molecule has 0 aliphatic carbocycles. The fraction of sp³-hybridized carbons (Fsp3) is 0.917. The Morgan fingerprint density at radius 1 is 1.53 bits per heavy atom. The van der Waals surface area contributed by atoms with Crippen LogP contribution in [0.4, 0.5) is 0 Å². The van der Waals surface area contributed by atoms with Gasteiger partial charge in [-0.2, -0.15) is 0 Å². The number of nitrogens with one attached hydrogen (secondary N) is 2. The van der Waals surface area contributed by atoms with E-state index in [2.05, 4.69) is 15.5 Å². The van der Waals surface area contributed by atoms with Crippen molar-refractivity contribution < 1.29 is 9.53 Å². The number of likely N-dealkylation sites (N-methyl/N-ethyl adjacent to an activating group) is 1. The molecule has 0 radical (unpaired) electrons. The van der Waals surface area contributed by atoms with Gasteiger partial charge in [0, 0.05) is 27.2 Å². The lowest BCUT2D eigenvalue weighted by Crippen LogP contribution is -2.44. The molecule has 0 saturated carbocycles. The van der Waals surface area contributed by atoms with Gasteiger partial charge in [-0.05, 0) is 31.8 Å². The summed E-state index contributed by atoms with van der Waals surface area (Å²) in [5.41, 5.74) is 0. The van der Waals surface area contributed by atoms with E-state index in [0.717, 1.165) is 32.8 Å². The minimum absolute atomic E-state index is 0.109. The average Bonchev–Trinajstić information content (AvgIpc) is 2.35. The molecule has 1 saturated heterocycles. The van der Waals surface area contributed by atoms with Gasteiger partial charge in [0.15, 0.2) is 0 Å². The predicted molar refractivity (Wildman–Crippen MR) is 68.0 cm³/mol. The first-order chi connectivity index (χ1) is 8.26. The zero-order chi connectivity index (χ0) is 12.5. The third-order valence-corrected chi connectivity index (χ3v) is 3.17. The maximum atomic E-state index is 11.3. The first kappa shape index (κ1) is 14.4.